The number of nitrogens with zero attached hydrogens (tertiary/aromatic N) is 2. The van der Waals surface area contributed by atoms with E-state index in [0.717, 1.165) is 13.0 Å². The molecule has 8 nitrogen and oxygen atoms in total. The Bertz CT molecular complexity index is 882. The molecular formula is C18H21FN4O4. The number of hydrogen-bond donors (Lipinski definition) is 2. The normalized spacial score (nSPS) is 15.4. The van der Waals surface area contributed by atoms with Gasteiger partial charge >= 0.3 is 5.69 Å². The number of carbonyl (C=O) groups excluding carboxylic acids is 1. The molecular weight excluding hydrogens is 355 g/mol. The summed E-state index contributed by atoms with van der Waals surface area (Å²) >= 11 is 0. The number of carbonyl (C=O) groups is 1. The van der Waals surface area contributed by atoms with Crippen LogP contribution in [-0.2, 0) is 11.3 Å². The van der Waals surface area contributed by atoms with Crippen LogP contribution in [0.25, 0.3) is 0 Å². The van der Waals surface area contributed by atoms with E-state index in [1.54, 1.807) is 11.0 Å². The Kier molecular flexibility index (Phi) is 6.02. The predicted molar refractivity (Wildman–Crippen MR) is 96.1 cm³/mol. The maximum atomic E-state index is 13.1. The van der Waals surface area contributed by atoms with Crippen LogP contribution in [0.3, 0.4) is 0 Å². The third kappa shape index (κ3) is 5.52. The zero-order chi connectivity index (χ0) is 19.2. The van der Waals surface area contributed by atoms with Gasteiger partial charge in [0.05, 0.1) is 0 Å². The van der Waals surface area contributed by atoms with Gasteiger partial charge in [0.25, 0.3) is 11.5 Å². The molecule has 1 aliphatic heterocycles. The molecule has 1 saturated heterocycles. The first-order chi connectivity index (χ1) is 13.0. The lowest BCUT2D eigenvalue weighted by Crippen LogP contribution is -2.38. The molecule has 1 aromatic heterocycles. The van der Waals surface area contributed by atoms with Crippen molar-refractivity contribution in [3.8, 4) is 5.75 Å². The summed E-state index contributed by atoms with van der Waals surface area (Å²) in [7, 11) is 0. The highest BCUT2D eigenvalue weighted by Crippen LogP contribution is 2.12. The van der Waals surface area contributed by atoms with Gasteiger partial charge in [-0.25, -0.2) is 9.18 Å². The van der Waals surface area contributed by atoms with Gasteiger partial charge in [-0.15, -0.1) is 0 Å². The van der Waals surface area contributed by atoms with Gasteiger partial charge < -0.3 is 14.6 Å². The Balaban J connectivity index is 1.52. The van der Waals surface area contributed by atoms with Crippen molar-refractivity contribution in [3.63, 3.8) is 0 Å². The lowest BCUT2D eigenvalue weighted by Gasteiger charge is -2.22. The molecule has 144 valence electrons. The monoisotopic (exact) mass is 376 g/mol. The molecule has 0 radical (unpaired) electrons. The highest BCUT2D eigenvalue weighted by Gasteiger charge is 2.20. The van der Waals surface area contributed by atoms with Crippen LogP contribution in [0.1, 0.15) is 12.1 Å². The fourth-order valence-corrected chi connectivity index (χ4v) is 3.02. The molecule has 1 aliphatic rings. The molecule has 0 saturated carbocycles. The number of halogens is 1. The first-order valence-electron chi connectivity index (χ1n) is 8.70. The van der Waals surface area contributed by atoms with Gasteiger partial charge in [0, 0.05) is 50.6 Å². The number of rotatable bonds is 5. The van der Waals surface area contributed by atoms with Crippen molar-refractivity contribution in [3.05, 3.63) is 62.7 Å². The molecule has 0 atom stereocenters. The fourth-order valence-electron chi connectivity index (χ4n) is 3.02. The zero-order valence-corrected chi connectivity index (χ0v) is 14.7. The van der Waals surface area contributed by atoms with Gasteiger partial charge in [0.2, 0.25) is 0 Å². The molecule has 0 aliphatic carbocycles. The predicted octanol–water partition coefficient (Wildman–Crippen LogP) is 0.316. The first kappa shape index (κ1) is 18.8. The fraction of sp³-hybridized carbons (Fsp3) is 0.389. The molecule has 9 heteroatoms. The van der Waals surface area contributed by atoms with Crippen LogP contribution in [0.2, 0.25) is 0 Å². The molecule has 27 heavy (non-hydrogen) atoms. The molecule has 3 rings (SSSR count). The zero-order valence-electron chi connectivity index (χ0n) is 14.7. The Hall–Kier alpha value is -2.94. The third-order valence-corrected chi connectivity index (χ3v) is 4.31. The number of ether oxygens (including phenoxy) is 1. The third-order valence-electron chi connectivity index (χ3n) is 4.31. The number of H-pyrrole nitrogens is 2. The highest BCUT2D eigenvalue weighted by atomic mass is 19.1. The second kappa shape index (κ2) is 8.63. The summed E-state index contributed by atoms with van der Waals surface area (Å²) in [6.07, 6.45) is 0.763. The molecule has 0 bridgehead atoms. The second-order valence-corrected chi connectivity index (χ2v) is 6.37. The molecule has 1 amide bonds. The van der Waals surface area contributed by atoms with Crippen LogP contribution >= 0.6 is 0 Å². The number of hydrogen-bond acceptors (Lipinski definition) is 5. The van der Waals surface area contributed by atoms with E-state index in [0.29, 0.717) is 37.6 Å². The minimum Gasteiger partial charge on any atom is -0.484 e. The van der Waals surface area contributed by atoms with Crippen molar-refractivity contribution < 1.29 is 13.9 Å². The van der Waals surface area contributed by atoms with Crippen LogP contribution in [0.15, 0.2) is 39.9 Å². The van der Waals surface area contributed by atoms with Crippen LogP contribution < -0.4 is 16.0 Å². The van der Waals surface area contributed by atoms with Gasteiger partial charge in [-0.05, 0) is 18.6 Å². The minimum absolute atomic E-state index is 0.148. The topological polar surface area (TPSA) is 98.5 Å². The molecule has 1 aromatic carbocycles. The summed E-state index contributed by atoms with van der Waals surface area (Å²) in [4.78, 5) is 43.6. The quantitative estimate of drug-likeness (QED) is 0.783. The Morgan fingerprint density at radius 2 is 1.96 bits per heavy atom. The molecule has 0 spiro atoms. The smallest absolute Gasteiger partial charge is 0.325 e. The Labute approximate surface area is 154 Å². The number of benzene rings is 1. The van der Waals surface area contributed by atoms with Gasteiger partial charge in [-0.2, -0.15) is 0 Å². The maximum Gasteiger partial charge on any atom is 0.325 e. The van der Waals surface area contributed by atoms with E-state index in [1.165, 1.54) is 24.3 Å². The first-order valence-corrected chi connectivity index (χ1v) is 8.70. The van der Waals surface area contributed by atoms with E-state index in [-0.39, 0.29) is 12.5 Å². The molecule has 2 heterocycles. The van der Waals surface area contributed by atoms with Gasteiger partial charge in [0.1, 0.15) is 11.6 Å². The molecule has 1 fully saturated rings. The summed E-state index contributed by atoms with van der Waals surface area (Å²) in [5.41, 5.74) is -0.425. The van der Waals surface area contributed by atoms with Crippen molar-refractivity contribution in [2.45, 2.75) is 13.0 Å². The van der Waals surface area contributed by atoms with Crippen molar-refractivity contribution in [2.75, 3.05) is 32.8 Å². The summed E-state index contributed by atoms with van der Waals surface area (Å²) in [5.74, 6) is -0.258. The maximum absolute atomic E-state index is 13.1. The van der Waals surface area contributed by atoms with Crippen LogP contribution in [-0.4, -0.2) is 58.5 Å². The van der Waals surface area contributed by atoms with Crippen molar-refractivity contribution in [1.29, 1.82) is 0 Å². The summed E-state index contributed by atoms with van der Waals surface area (Å²) < 4.78 is 18.5. The van der Waals surface area contributed by atoms with E-state index in [2.05, 4.69) is 14.9 Å². The highest BCUT2D eigenvalue weighted by molar-refractivity contribution is 5.77. The van der Waals surface area contributed by atoms with Crippen molar-refractivity contribution in [2.24, 2.45) is 0 Å². The Morgan fingerprint density at radius 1 is 1.11 bits per heavy atom. The van der Waals surface area contributed by atoms with Crippen molar-refractivity contribution >= 4 is 5.91 Å². The number of aromatic nitrogens is 2. The average molecular weight is 376 g/mol. The summed E-state index contributed by atoms with van der Waals surface area (Å²) in [5, 5.41) is 0. The lowest BCUT2D eigenvalue weighted by atomic mass is 10.3. The molecule has 2 N–H and O–H groups in total. The summed E-state index contributed by atoms with van der Waals surface area (Å²) in [6, 6.07) is 7.04. The number of aromatic amines is 2. The van der Waals surface area contributed by atoms with E-state index < -0.39 is 17.1 Å². The minimum atomic E-state index is -0.529. The number of nitrogens with one attached hydrogen (secondary N) is 2. The number of amides is 1. The second-order valence-electron chi connectivity index (χ2n) is 6.37. The Morgan fingerprint density at radius 3 is 2.74 bits per heavy atom. The largest absolute Gasteiger partial charge is 0.484 e. The van der Waals surface area contributed by atoms with Crippen molar-refractivity contribution in [1.82, 2.24) is 19.8 Å². The lowest BCUT2D eigenvalue weighted by molar-refractivity contribution is -0.133. The molecule has 2 aromatic rings. The van der Waals surface area contributed by atoms with Crippen LogP contribution in [0, 0.1) is 5.82 Å². The van der Waals surface area contributed by atoms with Gasteiger partial charge in [-0.3, -0.25) is 19.5 Å². The van der Waals surface area contributed by atoms with Gasteiger partial charge in [0.15, 0.2) is 6.61 Å². The average Bonchev–Trinajstić information content (AvgIpc) is 2.84. The summed E-state index contributed by atoms with van der Waals surface area (Å²) in [6.45, 7) is 2.74. The SMILES string of the molecule is O=C(COc1cccc(F)c1)N1CCCN(Cc2cc(=O)[nH]c(=O)[nH]2)CC1. The van der Waals surface area contributed by atoms with E-state index in [9.17, 15) is 18.8 Å². The van der Waals surface area contributed by atoms with E-state index in [1.807, 2.05) is 0 Å². The van der Waals surface area contributed by atoms with Gasteiger partial charge in [-0.1, -0.05) is 6.07 Å². The standard InChI is InChI=1S/C18H21FN4O4/c19-13-3-1-4-15(9-13)27-12-17(25)23-6-2-5-22(7-8-23)11-14-10-16(24)21-18(26)20-14/h1,3-4,9-10H,2,5-8,11-12H2,(H2,20,21,24,26). The van der Waals surface area contributed by atoms with E-state index >= 15 is 0 Å². The van der Waals surface area contributed by atoms with Crippen LogP contribution in [0.5, 0.6) is 5.75 Å². The molecule has 0 unspecified atom stereocenters. The van der Waals surface area contributed by atoms with Crippen LogP contribution in [0.4, 0.5) is 4.39 Å². The van der Waals surface area contributed by atoms with E-state index in [4.69, 9.17) is 4.74 Å².